The number of hydrogen-bond acceptors (Lipinski definition) is 3. The van der Waals surface area contributed by atoms with Crippen molar-refractivity contribution in [3.05, 3.63) is 26.9 Å². The highest BCUT2D eigenvalue weighted by Crippen LogP contribution is 2.22. The standard InChI is InChI=1S/C7H9Br2N3/c8-4-1-5(9)7(12-3-4)6(11)2-10/h1,3,6H,2,10-11H2/t6-/m0/s1. The fourth-order valence-corrected chi connectivity index (χ4v) is 2.09. The second-order valence-electron chi connectivity index (χ2n) is 2.36. The first-order valence-electron chi connectivity index (χ1n) is 3.41. The first-order chi connectivity index (χ1) is 5.65. The Hall–Kier alpha value is 0.0300. The first-order valence-corrected chi connectivity index (χ1v) is 5.00. The van der Waals surface area contributed by atoms with Gasteiger partial charge in [0.15, 0.2) is 0 Å². The van der Waals surface area contributed by atoms with E-state index in [-0.39, 0.29) is 6.04 Å². The van der Waals surface area contributed by atoms with E-state index < -0.39 is 0 Å². The summed E-state index contributed by atoms with van der Waals surface area (Å²) < 4.78 is 1.80. The van der Waals surface area contributed by atoms with Crippen molar-refractivity contribution in [1.82, 2.24) is 4.98 Å². The maximum absolute atomic E-state index is 5.71. The van der Waals surface area contributed by atoms with Crippen LogP contribution in [0.25, 0.3) is 0 Å². The van der Waals surface area contributed by atoms with Crippen molar-refractivity contribution in [3.8, 4) is 0 Å². The zero-order valence-corrected chi connectivity index (χ0v) is 9.47. The Morgan fingerprint density at radius 3 is 2.67 bits per heavy atom. The maximum Gasteiger partial charge on any atom is 0.0726 e. The van der Waals surface area contributed by atoms with Gasteiger partial charge in [0.2, 0.25) is 0 Å². The van der Waals surface area contributed by atoms with Crippen molar-refractivity contribution in [2.75, 3.05) is 6.54 Å². The summed E-state index contributed by atoms with van der Waals surface area (Å²) in [6, 6.07) is 1.70. The van der Waals surface area contributed by atoms with Gasteiger partial charge >= 0.3 is 0 Å². The number of hydrogen-bond donors (Lipinski definition) is 2. The van der Waals surface area contributed by atoms with E-state index in [1.165, 1.54) is 0 Å². The second kappa shape index (κ2) is 4.32. The van der Waals surface area contributed by atoms with Crippen molar-refractivity contribution in [2.24, 2.45) is 11.5 Å². The van der Waals surface area contributed by atoms with E-state index in [9.17, 15) is 0 Å². The molecule has 66 valence electrons. The van der Waals surface area contributed by atoms with Gasteiger partial charge in [0.1, 0.15) is 0 Å². The lowest BCUT2D eigenvalue weighted by Gasteiger charge is -2.09. The minimum absolute atomic E-state index is 0.201. The summed E-state index contributed by atoms with van der Waals surface area (Å²) >= 11 is 6.66. The molecule has 0 saturated heterocycles. The molecule has 12 heavy (non-hydrogen) atoms. The molecule has 4 N–H and O–H groups in total. The molecule has 0 fully saturated rings. The van der Waals surface area contributed by atoms with Crippen molar-refractivity contribution in [1.29, 1.82) is 0 Å². The summed E-state index contributed by atoms with van der Waals surface area (Å²) in [5.41, 5.74) is 11.9. The molecule has 0 saturated carbocycles. The molecule has 0 amide bonds. The minimum Gasteiger partial charge on any atom is -0.329 e. The molecule has 1 aromatic heterocycles. The molecule has 0 spiro atoms. The van der Waals surface area contributed by atoms with Gasteiger partial charge in [0, 0.05) is 21.7 Å². The average Bonchev–Trinajstić information content (AvgIpc) is 2.03. The van der Waals surface area contributed by atoms with E-state index in [1.807, 2.05) is 6.07 Å². The largest absolute Gasteiger partial charge is 0.329 e. The normalized spacial score (nSPS) is 13.0. The van der Waals surface area contributed by atoms with E-state index in [2.05, 4.69) is 36.8 Å². The Morgan fingerprint density at radius 1 is 1.50 bits per heavy atom. The maximum atomic E-state index is 5.71. The van der Waals surface area contributed by atoms with Gasteiger partial charge in [-0.3, -0.25) is 4.98 Å². The summed E-state index contributed by atoms with van der Waals surface area (Å²) in [5, 5.41) is 0. The monoisotopic (exact) mass is 293 g/mol. The van der Waals surface area contributed by atoms with Crippen LogP contribution in [0, 0.1) is 0 Å². The van der Waals surface area contributed by atoms with E-state index in [4.69, 9.17) is 11.5 Å². The van der Waals surface area contributed by atoms with Crippen molar-refractivity contribution in [2.45, 2.75) is 6.04 Å². The molecule has 3 nitrogen and oxygen atoms in total. The topological polar surface area (TPSA) is 64.9 Å². The van der Waals surface area contributed by atoms with Gasteiger partial charge in [0.25, 0.3) is 0 Å². The Bertz CT molecular complexity index is 277. The number of rotatable bonds is 2. The summed E-state index contributed by atoms with van der Waals surface area (Å²) in [6.07, 6.45) is 1.70. The number of nitrogens with zero attached hydrogens (tertiary/aromatic N) is 1. The van der Waals surface area contributed by atoms with Crippen LogP contribution in [-0.4, -0.2) is 11.5 Å². The van der Waals surface area contributed by atoms with Crippen LogP contribution in [0.5, 0.6) is 0 Å². The first kappa shape index (κ1) is 10.1. The third-order valence-corrected chi connectivity index (χ3v) is 2.51. The van der Waals surface area contributed by atoms with Crippen molar-refractivity contribution < 1.29 is 0 Å². The molecule has 1 atom stereocenters. The molecule has 0 aliphatic carbocycles. The van der Waals surface area contributed by atoms with Gasteiger partial charge in [-0.05, 0) is 37.9 Å². The molecule has 0 unspecified atom stereocenters. The molecule has 0 aliphatic rings. The highest BCUT2D eigenvalue weighted by molar-refractivity contribution is 9.11. The van der Waals surface area contributed by atoms with Gasteiger partial charge in [0.05, 0.1) is 11.7 Å². The number of pyridine rings is 1. The fourth-order valence-electron chi connectivity index (χ4n) is 0.810. The van der Waals surface area contributed by atoms with Gasteiger partial charge in [-0.15, -0.1) is 0 Å². The van der Waals surface area contributed by atoms with Gasteiger partial charge in [-0.25, -0.2) is 0 Å². The lowest BCUT2D eigenvalue weighted by molar-refractivity contribution is 0.706. The van der Waals surface area contributed by atoms with E-state index in [0.29, 0.717) is 6.54 Å². The SMILES string of the molecule is NC[C@H](N)c1ncc(Br)cc1Br. The molecule has 1 rings (SSSR count). The zero-order valence-electron chi connectivity index (χ0n) is 6.30. The Balaban J connectivity index is 3.01. The Morgan fingerprint density at radius 2 is 2.17 bits per heavy atom. The van der Waals surface area contributed by atoms with Crippen LogP contribution in [-0.2, 0) is 0 Å². The van der Waals surface area contributed by atoms with Crippen LogP contribution in [0.15, 0.2) is 21.2 Å². The molecule has 0 radical (unpaired) electrons. The van der Waals surface area contributed by atoms with Gasteiger partial charge < -0.3 is 11.5 Å². The molecule has 1 aromatic rings. The van der Waals surface area contributed by atoms with Crippen LogP contribution >= 0.6 is 31.9 Å². The second-order valence-corrected chi connectivity index (χ2v) is 4.13. The smallest absolute Gasteiger partial charge is 0.0726 e. The van der Waals surface area contributed by atoms with Crippen LogP contribution < -0.4 is 11.5 Å². The predicted molar refractivity (Wildman–Crippen MR) is 55.6 cm³/mol. The van der Waals surface area contributed by atoms with Crippen LogP contribution in [0.1, 0.15) is 11.7 Å². The summed E-state index contributed by atoms with van der Waals surface area (Å²) in [7, 11) is 0. The van der Waals surface area contributed by atoms with E-state index >= 15 is 0 Å². The van der Waals surface area contributed by atoms with Gasteiger partial charge in [-0.1, -0.05) is 0 Å². The Labute approximate surface area is 87.8 Å². The minimum atomic E-state index is -0.201. The summed E-state index contributed by atoms with van der Waals surface area (Å²) in [4.78, 5) is 4.15. The van der Waals surface area contributed by atoms with Crippen molar-refractivity contribution >= 4 is 31.9 Å². The quantitative estimate of drug-likeness (QED) is 0.870. The fraction of sp³-hybridized carbons (Fsp3) is 0.286. The number of nitrogens with two attached hydrogens (primary N) is 2. The molecule has 0 aromatic carbocycles. The zero-order chi connectivity index (χ0) is 9.14. The molecule has 1 heterocycles. The molecular formula is C7H9Br2N3. The van der Waals surface area contributed by atoms with Crippen LogP contribution in [0.2, 0.25) is 0 Å². The van der Waals surface area contributed by atoms with Crippen LogP contribution in [0.4, 0.5) is 0 Å². The lowest BCUT2D eigenvalue weighted by Crippen LogP contribution is -2.22. The predicted octanol–water partition coefficient (Wildman–Crippen LogP) is 1.57. The Kier molecular flexibility index (Phi) is 3.64. The highest BCUT2D eigenvalue weighted by atomic mass is 79.9. The molecule has 5 heteroatoms. The van der Waals surface area contributed by atoms with E-state index in [1.54, 1.807) is 6.20 Å². The van der Waals surface area contributed by atoms with Crippen LogP contribution in [0.3, 0.4) is 0 Å². The molecule has 0 bridgehead atoms. The molecular weight excluding hydrogens is 286 g/mol. The van der Waals surface area contributed by atoms with Gasteiger partial charge in [-0.2, -0.15) is 0 Å². The average molecular weight is 295 g/mol. The van der Waals surface area contributed by atoms with E-state index in [0.717, 1.165) is 14.6 Å². The lowest BCUT2D eigenvalue weighted by atomic mass is 10.2. The summed E-state index contributed by atoms with van der Waals surface area (Å²) in [6.45, 7) is 0.396. The van der Waals surface area contributed by atoms with Crippen molar-refractivity contribution in [3.63, 3.8) is 0 Å². The third kappa shape index (κ3) is 2.26. The third-order valence-electron chi connectivity index (χ3n) is 1.44. The number of aromatic nitrogens is 1. The molecule has 0 aliphatic heterocycles. The highest BCUT2D eigenvalue weighted by Gasteiger charge is 2.09. The summed E-state index contributed by atoms with van der Waals surface area (Å²) in [5.74, 6) is 0. The number of halogens is 2.